The van der Waals surface area contributed by atoms with Crippen LogP contribution in [0, 0.1) is 6.92 Å². The van der Waals surface area contributed by atoms with Gasteiger partial charge in [-0.15, -0.1) is 11.3 Å². The van der Waals surface area contributed by atoms with Gasteiger partial charge in [-0.1, -0.05) is 0 Å². The first-order chi connectivity index (χ1) is 9.99. The second kappa shape index (κ2) is 4.85. The van der Waals surface area contributed by atoms with Crippen molar-refractivity contribution in [3.05, 3.63) is 36.9 Å². The monoisotopic (exact) mass is 306 g/mol. The van der Waals surface area contributed by atoms with Gasteiger partial charge in [-0.25, -0.2) is 9.78 Å². The minimum Gasteiger partial charge on any atom is -0.364 e. The maximum atomic E-state index is 12.2. The maximum Gasteiger partial charge on any atom is 0.332 e. The summed E-state index contributed by atoms with van der Waals surface area (Å²) in [7, 11) is 3.03. The van der Waals surface area contributed by atoms with Crippen molar-refractivity contribution in [2.24, 2.45) is 14.1 Å². The fourth-order valence-corrected chi connectivity index (χ4v) is 2.76. The third kappa shape index (κ3) is 2.15. The minimum absolute atomic E-state index is 0.333. The summed E-state index contributed by atoms with van der Waals surface area (Å²) < 4.78 is 2.40. The number of fused-ring (bicyclic) bond motifs is 1. The van der Waals surface area contributed by atoms with Gasteiger partial charge in [-0.05, 0) is 6.92 Å². The maximum absolute atomic E-state index is 12.2. The summed E-state index contributed by atoms with van der Waals surface area (Å²) in [5.74, 6) is 0.492. The van der Waals surface area contributed by atoms with Crippen molar-refractivity contribution in [2.75, 3.05) is 5.32 Å². The molecule has 0 aliphatic rings. The first-order valence-corrected chi connectivity index (χ1v) is 7.16. The average molecular weight is 306 g/mol. The Morgan fingerprint density at radius 2 is 2.10 bits per heavy atom. The standard InChI is InChI=1S/C12H14N6O2S/c1-6-14-7(5-21-6)4-13-9-8-10(16-15-9)17(2)12(20)18(3)11(8)19/h5H,4H2,1-3H3,(H2,13,15,16). The molecule has 3 aromatic rings. The van der Waals surface area contributed by atoms with Crippen molar-refractivity contribution in [1.82, 2.24) is 24.3 Å². The predicted octanol–water partition coefficient (Wildman–Crippen LogP) is 0.337. The van der Waals surface area contributed by atoms with E-state index in [0.29, 0.717) is 23.4 Å². The number of aryl methyl sites for hydroxylation is 2. The number of nitrogens with zero attached hydrogens (tertiary/aromatic N) is 4. The molecule has 0 aromatic carbocycles. The number of H-pyrrole nitrogens is 1. The van der Waals surface area contributed by atoms with E-state index in [4.69, 9.17) is 0 Å². The summed E-state index contributed by atoms with van der Waals surface area (Å²) in [6.07, 6.45) is 0. The molecule has 21 heavy (non-hydrogen) atoms. The molecule has 8 nitrogen and oxygen atoms in total. The lowest BCUT2D eigenvalue weighted by Crippen LogP contribution is -2.36. The highest BCUT2D eigenvalue weighted by Crippen LogP contribution is 2.16. The first-order valence-electron chi connectivity index (χ1n) is 6.28. The van der Waals surface area contributed by atoms with Gasteiger partial charge >= 0.3 is 5.69 Å². The molecule has 0 unspecified atom stereocenters. The molecule has 0 fully saturated rings. The molecule has 0 amide bonds. The molecule has 0 atom stereocenters. The lowest BCUT2D eigenvalue weighted by Gasteiger charge is -2.04. The van der Waals surface area contributed by atoms with Crippen LogP contribution >= 0.6 is 11.3 Å². The van der Waals surface area contributed by atoms with Crippen LogP contribution in [0.25, 0.3) is 11.0 Å². The van der Waals surface area contributed by atoms with E-state index >= 15 is 0 Å². The van der Waals surface area contributed by atoms with Crippen LogP contribution < -0.4 is 16.6 Å². The number of aromatic amines is 1. The number of rotatable bonds is 3. The summed E-state index contributed by atoms with van der Waals surface area (Å²) in [5, 5.41) is 13.2. The number of thiazole rings is 1. The van der Waals surface area contributed by atoms with Crippen LogP contribution in [0.2, 0.25) is 0 Å². The van der Waals surface area contributed by atoms with E-state index in [-0.39, 0.29) is 5.56 Å². The van der Waals surface area contributed by atoms with Gasteiger partial charge in [0.15, 0.2) is 5.65 Å². The van der Waals surface area contributed by atoms with Crippen LogP contribution in [-0.4, -0.2) is 24.3 Å². The Kier molecular flexibility index (Phi) is 3.13. The molecule has 2 N–H and O–H groups in total. The van der Waals surface area contributed by atoms with E-state index in [0.717, 1.165) is 15.3 Å². The Balaban J connectivity index is 2.04. The third-order valence-electron chi connectivity index (χ3n) is 3.27. The molecule has 0 bridgehead atoms. The number of aromatic nitrogens is 5. The van der Waals surface area contributed by atoms with E-state index in [2.05, 4.69) is 20.5 Å². The highest BCUT2D eigenvalue weighted by molar-refractivity contribution is 7.09. The van der Waals surface area contributed by atoms with E-state index < -0.39 is 5.69 Å². The molecule has 3 aromatic heterocycles. The number of hydrogen-bond donors (Lipinski definition) is 2. The van der Waals surface area contributed by atoms with E-state index in [9.17, 15) is 9.59 Å². The van der Waals surface area contributed by atoms with Gasteiger partial charge in [-0.2, -0.15) is 5.10 Å². The van der Waals surface area contributed by atoms with Crippen molar-refractivity contribution in [3.63, 3.8) is 0 Å². The van der Waals surface area contributed by atoms with Gasteiger partial charge in [0, 0.05) is 19.5 Å². The summed E-state index contributed by atoms with van der Waals surface area (Å²) >= 11 is 1.57. The SMILES string of the molecule is Cc1nc(CNc2[nH]nc3c2c(=O)n(C)c(=O)n3C)cs1. The fourth-order valence-electron chi connectivity index (χ4n) is 2.14. The quantitative estimate of drug-likeness (QED) is 0.727. The zero-order chi connectivity index (χ0) is 15.1. The van der Waals surface area contributed by atoms with Gasteiger partial charge in [0.1, 0.15) is 11.2 Å². The summed E-state index contributed by atoms with van der Waals surface area (Å²) in [6.45, 7) is 2.42. The molecule has 3 rings (SSSR count). The number of nitrogens with one attached hydrogen (secondary N) is 2. The average Bonchev–Trinajstić information content (AvgIpc) is 3.06. The van der Waals surface area contributed by atoms with Crippen molar-refractivity contribution in [3.8, 4) is 0 Å². The first kappa shape index (κ1) is 13.6. The third-order valence-corrected chi connectivity index (χ3v) is 4.09. The van der Waals surface area contributed by atoms with Crippen molar-refractivity contribution in [1.29, 1.82) is 0 Å². The zero-order valence-electron chi connectivity index (χ0n) is 11.8. The van der Waals surface area contributed by atoms with E-state index in [1.165, 1.54) is 11.6 Å². The van der Waals surface area contributed by atoms with Gasteiger partial charge in [0.2, 0.25) is 0 Å². The second-order valence-electron chi connectivity index (χ2n) is 4.71. The predicted molar refractivity (Wildman–Crippen MR) is 80.8 cm³/mol. The Hall–Kier alpha value is -2.42. The van der Waals surface area contributed by atoms with Gasteiger partial charge in [0.25, 0.3) is 5.56 Å². The normalized spacial score (nSPS) is 11.2. The largest absolute Gasteiger partial charge is 0.364 e. The van der Waals surface area contributed by atoms with Crippen molar-refractivity contribution in [2.45, 2.75) is 13.5 Å². The summed E-state index contributed by atoms with van der Waals surface area (Å²) in [4.78, 5) is 28.4. The molecule has 0 saturated carbocycles. The van der Waals surface area contributed by atoms with Crippen LogP contribution in [0.4, 0.5) is 5.82 Å². The number of hydrogen-bond acceptors (Lipinski definition) is 6. The Labute approximate surface area is 123 Å². The molecule has 0 spiro atoms. The minimum atomic E-state index is -0.402. The molecule has 0 saturated heterocycles. The Bertz CT molecular complexity index is 932. The Morgan fingerprint density at radius 3 is 2.76 bits per heavy atom. The zero-order valence-corrected chi connectivity index (χ0v) is 12.6. The van der Waals surface area contributed by atoms with Crippen LogP contribution in [0.3, 0.4) is 0 Å². The second-order valence-corrected chi connectivity index (χ2v) is 5.78. The summed E-state index contributed by atoms with van der Waals surface area (Å²) in [5.41, 5.74) is 0.446. The number of anilines is 1. The lowest BCUT2D eigenvalue weighted by molar-refractivity contribution is 0.708. The Morgan fingerprint density at radius 1 is 1.33 bits per heavy atom. The van der Waals surface area contributed by atoms with Gasteiger partial charge in [-0.3, -0.25) is 19.0 Å². The van der Waals surface area contributed by atoms with Crippen LogP contribution in [0.5, 0.6) is 0 Å². The molecular formula is C12H14N6O2S. The molecule has 0 radical (unpaired) electrons. The van der Waals surface area contributed by atoms with E-state index in [1.54, 1.807) is 18.4 Å². The fraction of sp³-hybridized carbons (Fsp3) is 0.333. The smallest absolute Gasteiger partial charge is 0.332 e. The molecular weight excluding hydrogens is 292 g/mol. The van der Waals surface area contributed by atoms with Gasteiger partial charge in [0.05, 0.1) is 17.2 Å². The highest BCUT2D eigenvalue weighted by atomic mass is 32.1. The molecule has 0 aliphatic heterocycles. The molecule has 9 heteroatoms. The molecule has 0 aliphatic carbocycles. The van der Waals surface area contributed by atoms with Crippen LogP contribution in [0.15, 0.2) is 15.0 Å². The topological polar surface area (TPSA) is 97.6 Å². The highest BCUT2D eigenvalue weighted by Gasteiger charge is 2.15. The van der Waals surface area contributed by atoms with Crippen LogP contribution in [0.1, 0.15) is 10.7 Å². The molecule has 110 valence electrons. The van der Waals surface area contributed by atoms with Crippen LogP contribution in [-0.2, 0) is 20.6 Å². The lowest BCUT2D eigenvalue weighted by atomic mass is 10.3. The van der Waals surface area contributed by atoms with Crippen molar-refractivity contribution >= 4 is 28.2 Å². The van der Waals surface area contributed by atoms with Crippen molar-refractivity contribution < 1.29 is 0 Å². The van der Waals surface area contributed by atoms with Gasteiger partial charge < -0.3 is 5.32 Å². The molecule has 3 heterocycles. The van der Waals surface area contributed by atoms with E-state index in [1.807, 2.05) is 12.3 Å². The summed E-state index contributed by atoms with van der Waals surface area (Å²) in [6, 6.07) is 0.